The first-order chi connectivity index (χ1) is 8.58. The maximum atomic E-state index is 6.11. The van der Waals surface area contributed by atoms with Gasteiger partial charge in [0.15, 0.2) is 0 Å². The fourth-order valence-electron chi connectivity index (χ4n) is 1.80. The zero-order chi connectivity index (χ0) is 13.1. The predicted molar refractivity (Wildman–Crippen MR) is 79.3 cm³/mol. The molecule has 18 heavy (non-hydrogen) atoms. The van der Waals surface area contributed by atoms with Crippen molar-refractivity contribution >= 4 is 33.2 Å². The third-order valence-corrected chi connectivity index (χ3v) is 3.81. The minimum absolute atomic E-state index is 0.762. The summed E-state index contributed by atoms with van der Waals surface area (Å²) in [7, 11) is 0. The molecule has 0 saturated carbocycles. The SMILES string of the molecule is Cc1nn(CCNc2cccc(Br)c2)c(C)c1Cl. The summed E-state index contributed by atoms with van der Waals surface area (Å²) in [5, 5.41) is 8.51. The van der Waals surface area contributed by atoms with E-state index in [4.69, 9.17) is 11.6 Å². The Hall–Kier alpha value is -1.000. The van der Waals surface area contributed by atoms with Crippen LogP contribution in [0.4, 0.5) is 5.69 Å². The number of nitrogens with zero attached hydrogens (tertiary/aromatic N) is 2. The van der Waals surface area contributed by atoms with Gasteiger partial charge in [0.2, 0.25) is 0 Å². The average molecular weight is 329 g/mol. The normalized spacial score (nSPS) is 10.7. The molecule has 0 unspecified atom stereocenters. The van der Waals surface area contributed by atoms with E-state index in [1.807, 2.05) is 42.8 Å². The molecule has 0 aliphatic heterocycles. The van der Waals surface area contributed by atoms with Crippen LogP contribution in [0.1, 0.15) is 11.4 Å². The van der Waals surface area contributed by atoms with Crippen molar-refractivity contribution in [2.24, 2.45) is 0 Å². The van der Waals surface area contributed by atoms with Gasteiger partial charge >= 0.3 is 0 Å². The fraction of sp³-hybridized carbons (Fsp3) is 0.308. The Bertz CT molecular complexity index is 551. The molecule has 0 aliphatic rings. The lowest BCUT2D eigenvalue weighted by Gasteiger charge is -2.08. The summed E-state index contributed by atoms with van der Waals surface area (Å²) in [6.07, 6.45) is 0. The van der Waals surface area contributed by atoms with Gasteiger partial charge in [-0.05, 0) is 32.0 Å². The number of hydrogen-bond acceptors (Lipinski definition) is 2. The van der Waals surface area contributed by atoms with Gasteiger partial charge in [0.05, 0.1) is 23.0 Å². The second-order valence-corrected chi connectivity index (χ2v) is 5.44. The van der Waals surface area contributed by atoms with Gasteiger partial charge < -0.3 is 5.32 Å². The number of nitrogens with one attached hydrogen (secondary N) is 1. The van der Waals surface area contributed by atoms with E-state index in [1.54, 1.807) is 0 Å². The van der Waals surface area contributed by atoms with Crippen LogP contribution in [0, 0.1) is 13.8 Å². The standard InChI is InChI=1S/C13H15BrClN3/c1-9-13(15)10(2)18(17-9)7-6-16-12-5-3-4-11(14)8-12/h3-5,8,16H,6-7H2,1-2H3. The Labute approximate surface area is 120 Å². The van der Waals surface area contributed by atoms with E-state index in [-0.39, 0.29) is 0 Å². The molecule has 0 aliphatic carbocycles. The lowest BCUT2D eigenvalue weighted by atomic mass is 10.3. The maximum Gasteiger partial charge on any atom is 0.0844 e. The molecule has 1 heterocycles. The highest BCUT2D eigenvalue weighted by atomic mass is 79.9. The topological polar surface area (TPSA) is 29.9 Å². The second kappa shape index (κ2) is 5.76. The second-order valence-electron chi connectivity index (χ2n) is 4.15. The highest BCUT2D eigenvalue weighted by Crippen LogP contribution is 2.19. The number of aromatic nitrogens is 2. The molecular weight excluding hydrogens is 314 g/mol. The van der Waals surface area contributed by atoms with Gasteiger partial charge in [-0.2, -0.15) is 5.10 Å². The molecule has 0 radical (unpaired) electrons. The predicted octanol–water partition coefficient (Wildman–Crippen LogP) is 4.03. The van der Waals surface area contributed by atoms with Crippen molar-refractivity contribution in [3.05, 3.63) is 45.1 Å². The quantitative estimate of drug-likeness (QED) is 0.918. The smallest absolute Gasteiger partial charge is 0.0844 e. The van der Waals surface area contributed by atoms with Crippen LogP contribution in [-0.4, -0.2) is 16.3 Å². The Kier molecular flexibility index (Phi) is 4.30. The average Bonchev–Trinajstić information content (AvgIpc) is 2.57. The van der Waals surface area contributed by atoms with Crippen molar-refractivity contribution < 1.29 is 0 Å². The Morgan fingerprint density at radius 3 is 2.78 bits per heavy atom. The monoisotopic (exact) mass is 327 g/mol. The molecule has 2 aromatic rings. The summed E-state index contributed by atoms with van der Waals surface area (Å²) in [5.74, 6) is 0. The lowest BCUT2D eigenvalue weighted by Crippen LogP contribution is -2.12. The third kappa shape index (κ3) is 3.06. The van der Waals surface area contributed by atoms with E-state index in [2.05, 4.69) is 26.3 Å². The summed E-state index contributed by atoms with van der Waals surface area (Å²) in [4.78, 5) is 0. The summed E-state index contributed by atoms with van der Waals surface area (Å²) in [6, 6.07) is 8.10. The van der Waals surface area contributed by atoms with Crippen LogP contribution in [-0.2, 0) is 6.54 Å². The van der Waals surface area contributed by atoms with E-state index < -0.39 is 0 Å². The molecule has 5 heteroatoms. The Morgan fingerprint density at radius 2 is 2.17 bits per heavy atom. The van der Waals surface area contributed by atoms with Crippen LogP contribution < -0.4 is 5.32 Å². The molecular formula is C13H15BrClN3. The first-order valence-corrected chi connectivity index (χ1v) is 6.94. The van der Waals surface area contributed by atoms with Crippen LogP contribution in [0.25, 0.3) is 0 Å². The van der Waals surface area contributed by atoms with Crippen molar-refractivity contribution in [3.8, 4) is 0 Å². The van der Waals surface area contributed by atoms with Gasteiger partial charge in [0.25, 0.3) is 0 Å². The Morgan fingerprint density at radius 1 is 1.39 bits per heavy atom. The number of halogens is 2. The zero-order valence-electron chi connectivity index (χ0n) is 10.4. The fourth-order valence-corrected chi connectivity index (χ4v) is 2.33. The van der Waals surface area contributed by atoms with Gasteiger partial charge in [-0.15, -0.1) is 0 Å². The molecule has 2 rings (SSSR count). The van der Waals surface area contributed by atoms with E-state index in [0.29, 0.717) is 0 Å². The molecule has 1 N–H and O–H groups in total. The number of anilines is 1. The van der Waals surface area contributed by atoms with Gasteiger partial charge in [-0.1, -0.05) is 33.6 Å². The first kappa shape index (κ1) is 13.4. The molecule has 3 nitrogen and oxygen atoms in total. The van der Waals surface area contributed by atoms with Gasteiger partial charge in [0, 0.05) is 16.7 Å². The first-order valence-electron chi connectivity index (χ1n) is 5.77. The summed E-state index contributed by atoms with van der Waals surface area (Å²) in [6.45, 7) is 5.52. The highest BCUT2D eigenvalue weighted by molar-refractivity contribution is 9.10. The summed E-state index contributed by atoms with van der Waals surface area (Å²) in [5.41, 5.74) is 3.00. The van der Waals surface area contributed by atoms with Gasteiger partial charge in [-0.3, -0.25) is 4.68 Å². The van der Waals surface area contributed by atoms with Gasteiger partial charge in [0.1, 0.15) is 0 Å². The van der Waals surface area contributed by atoms with Crippen LogP contribution >= 0.6 is 27.5 Å². The van der Waals surface area contributed by atoms with E-state index in [0.717, 1.165) is 39.7 Å². The van der Waals surface area contributed by atoms with Crippen molar-refractivity contribution in [2.45, 2.75) is 20.4 Å². The number of benzene rings is 1. The maximum absolute atomic E-state index is 6.11. The van der Waals surface area contributed by atoms with E-state index in [9.17, 15) is 0 Å². The van der Waals surface area contributed by atoms with Crippen LogP contribution in [0.3, 0.4) is 0 Å². The van der Waals surface area contributed by atoms with Crippen LogP contribution in [0.2, 0.25) is 5.02 Å². The Balaban J connectivity index is 1.94. The third-order valence-electron chi connectivity index (χ3n) is 2.77. The van der Waals surface area contributed by atoms with Crippen LogP contribution in [0.15, 0.2) is 28.7 Å². The lowest BCUT2D eigenvalue weighted by molar-refractivity contribution is 0.615. The molecule has 0 bridgehead atoms. The molecule has 0 fully saturated rings. The van der Waals surface area contributed by atoms with Crippen molar-refractivity contribution in [3.63, 3.8) is 0 Å². The molecule has 1 aromatic carbocycles. The zero-order valence-corrected chi connectivity index (χ0v) is 12.7. The molecule has 1 aromatic heterocycles. The molecule has 0 spiro atoms. The van der Waals surface area contributed by atoms with Crippen molar-refractivity contribution in [1.82, 2.24) is 9.78 Å². The van der Waals surface area contributed by atoms with E-state index in [1.165, 1.54) is 0 Å². The van der Waals surface area contributed by atoms with Crippen LogP contribution in [0.5, 0.6) is 0 Å². The largest absolute Gasteiger partial charge is 0.383 e. The summed E-state index contributed by atoms with van der Waals surface area (Å²) < 4.78 is 3.00. The number of rotatable bonds is 4. The van der Waals surface area contributed by atoms with Gasteiger partial charge in [-0.25, -0.2) is 0 Å². The number of aryl methyl sites for hydroxylation is 1. The van der Waals surface area contributed by atoms with E-state index >= 15 is 0 Å². The van der Waals surface area contributed by atoms with Crippen molar-refractivity contribution in [2.75, 3.05) is 11.9 Å². The number of hydrogen-bond donors (Lipinski definition) is 1. The minimum Gasteiger partial charge on any atom is -0.383 e. The molecule has 96 valence electrons. The minimum atomic E-state index is 0.762. The highest BCUT2D eigenvalue weighted by Gasteiger charge is 2.08. The molecule has 0 amide bonds. The van der Waals surface area contributed by atoms with Crippen molar-refractivity contribution in [1.29, 1.82) is 0 Å². The molecule has 0 saturated heterocycles. The molecule has 0 atom stereocenters. The summed E-state index contributed by atoms with van der Waals surface area (Å²) >= 11 is 9.55.